The van der Waals surface area contributed by atoms with Gasteiger partial charge in [0.15, 0.2) is 0 Å². The topological polar surface area (TPSA) is 17.8 Å². The molecule has 1 aliphatic rings. The predicted octanol–water partition coefficient (Wildman–Crippen LogP) is 13.2. The number of pyridine rings is 1. The molecule has 2 heterocycles. The van der Waals surface area contributed by atoms with Gasteiger partial charge in [0.1, 0.15) is 0 Å². The van der Waals surface area contributed by atoms with Gasteiger partial charge >= 0.3 is 0 Å². The van der Waals surface area contributed by atoms with Crippen LogP contribution in [0, 0.1) is 0 Å². The molecule has 1 aliphatic carbocycles. The third kappa shape index (κ3) is 4.83. The van der Waals surface area contributed by atoms with Crippen LogP contribution in [0.2, 0.25) is 0 Å². The van der Waals surface area contributed by atoms with Crippen LogP contribution in [0.3, 0.4) is 0 Å². The standard InChI is InChI=1S/C50H36N2/c1-50(2)44-21-13-12-20-40(44)41-25-22-36(30-45(41)50)35-23-26-48-42(28-35)43-29-37(24-27-49(43)52(48)39-18-10-5-11-19-39)47-32-38(33-14-6-3-7-15-33)31-46(51-47)34-16-8-4-9-17-34/h3-32H,1-2H3. The Hall–Kier alpha value is -6.51. The van der Waals surface area contributed by atoms with Gasteiger partial charge in [-0.2, -0.15) is 0 Å². The lowest BCUT2D eigenvalue weighted by Crippen LogP contribution is -2.14. The molecule has 2 nitrogen and oxygen atoms in total. The Labute approximate surface area is 304 Å². The molecule has 52 heavy (non-hydrogen) atoms. The zero-order valence-electron chi connectivity index (χ0n) is 29.2. The second kappa shape index (κ2) is 11.8. The first-order valence-electron chi connectivity index (χ1n) is 18.0. The van der Waals surface area contributed by atoms with Crippen molar-refractivity contribution in [3.63, 3.8) is 0 Å². The number of fused-ring (bicyclic) bond motifs is 6. The average Bonchev–Trinajstić information content (AvgIpc) is 3.66. The van der Waals surface area contributed by atoms with E-state index in [-0.39, 0.29) is 5.41 Å². The number of para-hydroxylation sites is 1. The summed E-state index contributed by atoms with van der Waals surface area (Å²) in [6.07, 6.45) is 0. The van der Waals surface area contributed by atoms with Crippen LogP contribution in [0.4, 0.5) is 0 Å². The van der Waals surface area contributed by atoms with E-state index >= 15 is 0 Å². The Morgan fingerprint density at radius 1 is 0.385 bits per heavy atom. The average molecular weight is 665 g/mol. The first-order chi connectivity index (χ1) is 25.5. The molecule has 10 rings (SSSR count). The smallest absolute Gasteiger partial charge is 0.0715 e. The van der Waals surface area contributed by atoms with Crippen LogP contribution in [0.1, 0.15) is 25.0 Å². The number of aromatic nitrogens is 2. The lowest BCUT2D eigenvalue weighted by atomic mass is 9.81. The summed E-state index contributed by atoms with van der Waals surface area (Å²) in [5.41, 5.74) is 17.9. The minimum atomic E-state index is -0.0514. The number of benzene rings is 7. The van der Waals surface area contributed by atoms with Gasteiger partial charge in [0.2, 0.25) is 0 Å². The van der Waals surface area contributed by atoms with Crippen LogP contribution in [-0.4, -0.2) is 9.55 Å². The van der Waals surface area contributed by atoms with Gasteiger partial charge in [0.25, 0.3) is 0 Å². The summed E-state index contributed by atoms with van der Waals surface area (Å²) in [7, 11) is 0. The van der Waals surface area contributed by atoms with Crippen LogP contribution in [0.5, 0.6) is 0 Å². The first kappa shape index (κ1) is 30.3. The second-order valence-corrected chi connectivity index (χ2v) is 14.4. The predicted molar refractivity (Wildman–Crippen MR) is 218 cm³/mol. The highest BCUT2D eigenvalue weighted by Gasteiger charge is 2.35. The molecule has 0 N–H and O–H groups in total. The summed E-state index contributed by atoms with van der Waals surface area (Å²) in [4.78, 5) is 5.27. The normalized spacial score (nSPS) is 13.0. The Morgan fingerprint density at radius 3 is 1.62 bits per heavy atom. The highest BCUT2D eigenvalue weighted by Crippen LogP contribution is 2.49. The number of hydrogen-bond donors (Lipinski definition) is 0. The van der Waals surface area contributed by atoms with Crippen LogP contribution < -0.4 is 0 Å². The summed E-state index contributed by atoms with van der Waals surface area (Å²) in [6.45, 7) is 4.70. The van der Waals surface area contributed by atoms with E-state index in [1.54, 1.807) is 0 Å². The third-order valence-electron chi connectivity index (χ3n) is 11.0. The molecular formula is C50H36N2. The van der Waals surface area contributed by atoms with E-state index < -0.39 is 0 Å². The van der Waals surface area contributed by atoms with Gasteiger partial charge in [-0.1, -0.05) is 141 Å². The van der Waals surface area contributed by atoms with Gasteiger partial charge in [0, 0.05) is 33.0 Å². The first-order valence-corrected chi connectivity index (χ1v) is 18.0. The van der Waals surface area contributed by atoms with Crippen molar-refractivity contribution in [2.75, 3.05) is 0 Å². The molecule has 2 heteroatoms. The van der Waals surface area contributed by atoms with Crippen LogP contribution in [0.25, 0.3) is 83.4 Å². The van der Waals surface area contributed by atoms with E-state index in [1.165, 1.54) is 60.8 Å². The van der Waals surface area contributed by atoms with Crippen LogP contribution in [0.15, 0.2) is 182 Å². The van der Waals surface area contributed by atoms with E-state index in [9.17, 15) is 0 Å². The van der Waals surface area contributed by atoms with Crippen molar-refractivity contribution in [2.45, 2.75) is 19.3 Å². The summed E-state index contributed by atoms with van der Waals surface area (Å²) in [5, 5.41) is 2.43. The number of hydrogen-bond acceptors (Lipinski definition) is 1. The van der Waals surface area contributed by atoms with Gasteiger partial charge in [0.05, 0.1) is 22.4 Å². The molecule has 0 saturated heterocycles. The highest BCUT2D eigenvalue weighted by atomic mass is 15.0. The fraction of sp³-hybridized carbons (Fsp3) is 0.0600. The molecule has 0 amide bonds. The molecule has 0 spiro atoms. The highest BCUT2D eigenvalue weighted by molar-refractivity contribution is 6.11. The third-order valence-corrected chi connectivity index (χ3v) is 11.0. The lowest BCUT2D eigenvalue weighted by molar-refractivity contribution is 0.660. The molecule has 0 aliphatic heterocycles. The minimum Gasteiger partial charge on any atom is -0.309 e. The molecule has 0 bridgehead atoms. The number of nitrogens with zero attached hydrogens (tertiary/aromatic N) is 2. The van der Waals surface area contributed by atoms with Crippen molar-refractivity contribution in [1.82, 2.24) is 9.55 Å². The van der Waals surface area contributed by atoms with Gasteiger partial charge in [-0.15, -0.1) is 0 Å². The van der Waals surface area contributed by atoms with Crippen molar-refractivity contribution in [3.8, 4) is 61.6 Å². The van der Waals surface area contributed by atoms with Crippen LogP contribution in [-0.2, 0) is 5.41 Å². The van der Waals surface area contributed by atoms with E-state index in [2.05, 4.69) is 200 Å². The van der Waals surface area contributed by atoms with E-state index in [0.29, 0.717) is 0 Å². The van der Waals surface area contributed by atoms with Crippen molar-refractivity contribution in [2.24, 2.45) is 0 Å². The number of rotatable bonds is 5. The van der Waals surface area contributed by atoms with Gasteiger partial charge in [-0.05, 0) is 99.1 Å². The van der Waals surface area contributed by atoms with Gasteiger partial charge in [-0.25, -0.2) is 4.98 Å². The summed E-state index contributed by atoms with van der Waals surface area (Å²) < 4.78 is 2.39. The molecule has 2 aromatic heterocycles. The SMILES string of the molecule is CC1(C)c2ccccc2-c2ccc(-c3ccc4c(c3)c3cc(-c5cc(-c6ccccc6)cc(-c6ccccc6)n5)ccc3n4-c3ccccc3)cc21. The fourth-order valence-electron chi connectivity index (χ4n) is 8.33. The van der Waals surface area contributed by atoms with Gasteiger partial charge in [-0.3, -0.25) is 0 Å². The molecule has 7 aromatic carbocycles. The Kier molecular flexibility index (Phi) is 6.87. The quantitative estimate of drug-likeness (QED) is 0.179. The second-order valence-electron chi connectivity index (χ2n) is 14.4. The fourth-order valence-corrected chi connectivity index (χ4v) is 8.33. The van der Waals surface area contributed by atoms with Crippen molar-refractivity contribution in [1.29, 1.82) is 0 Å². The Balaban J connectivity index is 1.17. The zero-order chi connectivity index (χ0) is 34.8. The van der Waals surface area contributed by atoms with E-state index in [0.717, 1.165) is 33.8 Å². The molecule has 0 saturated carbocycles. The van der Waals surface area contributed by atoms with Crippen LogP contribution >= 0.6 is 0 Å². The molecule has 0 fully saturated rings. The van der Waals surface area contributed by atoms with E-state index in [1.807, 2.05) is 0 Å². The van der Waals surface area contributed by atoms with Crippen molar-refractivity contribution in [3.05, 3.63) is 193 Å². The summed E-state index contributed by atoms with van der Waals surface area (Å²) in [6, 6.07) is 65.9. The minimum absolute atomic E-state index is 0.0514. The maximum Gasteiger partial charge on any atom is 0.0715 e. The zero-order valence-corrected chi connectivity index (χ0v) is 29.2. The van der Waals surface area contributed by atoms with Gasteiger partial charge < -0.3 is 4.57 Å². The summed E-state index contributed by atoms with van der Waals surface area (Å²) >= 11 is 0. The molecule has 0 unspecified atom stereocenters. The molecule has 9 aromatic rings. The van der Waals surface area contributed by atoms with Crippen molar-refractivity contribution >= 4 is 21.8 Å². The van der Waals surface area contributed by atoms with Crippen molar-refractivity contribution < 1.29 is 0 Å². The monoisotopic (exact) mass is 664 g/mol. The molecule has 0 radical (unpaired) electrons. The molecular weight excluding hydrogens is 629 g/mol. The summed E-state index contributed by atoms with van der Waals surface area (Å²) in [5.74, 6) is 0. The molecule has 0 atom stereocenters. The maximum atomic E-state index is 5.27. The largest absolute Gasteiger partial charge is 0.309 e. The van der Waals surface area contributed by atoms with E-state index in [4.69, 9.17) is 4.98 Å². The Bertz CT molecular complexity index is 2730. The molecule has 246 valence electrons. The lowest BCUT2D eigenvalue weighted by Gasteiger charge is -2.22. The maximum absolute atomic E-state index is 5.27. The Morgan fingerprint density at radius 2 is 0.904 bits per heavy atom.